The van der Waals surface area contributed by atoms with Gasteiger partial charge < -0.3 is 5.32 Å². The molecule has 7 heteroatoms. The van der Waals surface area contributed by atoms with Crippen LogP contribution in [0.1, 0.15) is 11.1 Å². The highest BCUT2D eigenvalue weighted by Crippen LogP contribution is 2.25. The second-order valence-electron chi connectivity index (χ2n) is 5.93. The van der Waals surface area contributed by atoms with Gasteiger partial charge in [-0.2, -0.15) is 10.1 Å². The number of aryl methyl sites for hydroxylation is 2. The predicted octanol–water partition coefficient (Wildman–Crippen LogP) is 3.21. The Morgan fingerprint density at radius 1 is 1.15 bits per heavy atom. The summed E-state index contributed by atoms with van der Waals surface area (Å²) >= 11 is 6.10. The molecule has 0 fully saturated rings. The highest BCUT2D eigenvalue weighted by atomic mass is 35.5. The SMILES string of the molecule is Cc1ccc(-c2cnn(CC(=O)Nc3c(C)cccc3Cl)c(=O)n2)cc1. The molecule has 0 bridgehead atoms. The van der Waals surface area contributed by atoms with Gasteiger partial charge in [-0.15, -0.1) is 0 Å². The summed E-state index contributed by atoms with van der Waals surface area (Å²) in [5.74, 6) is -0.402. The van der Waals surface area contributed by atoms with Gasteiger partial charge in [0, 0.05) is 5.56 Å². The van der Waals surface area contributed by atoms with E-state index in [0.717, 1.165) is 21.4 Å². The van der Waals surface area contributed by atoms with Crippen molar-refractivity contribution in [3.8, 4) is 11.3 Å². The van der Waals surface area contributed by atoms with Gasteiger partial charge in [0.1, 0.15) is 6.54 Å². The van der Waals surface area contributed by atoms with E-state index < -0.39 is 11.6 Å². The number of carbonyl (C=O) groups is 1. The van der Waals surface area contributed by atoms with E-state index >= 15 is 0 Å². The van der Waals surface area contributed by atoms with Crippen molar-refractivity contribution >= 4 is 23.2 Å². The minimum Gasteiger partial charge on any atom is -0.323 e. The Morgan fingerprint density at radius 3 is 2.54 bits per heavy atom. The molecular formula is C19H17ClN4O2. The van der Waals surface area contributed by atoms with E-state index in [0.29, 0.717) is 16.4 Å². The maximum absolute atomic E-state index is 12.2. The second-order valence-corrected chi connectivity index (χ2v) is 6.33. The van der Waals surface area contributed by atoms with Crippen LogP contribution in [0.3, 0.4) is 0 Å². The maximum atomic E-state index is 12.2. The summed E-state index contributed by atoms with van der Waals surface area (Å²) in [5.41, 5.74) is 3.14. The first kappa shape index (κ1) is 17.8. The molecule has 1 aromatic heterocycles. The third-order valence-electron chi connectivity index (χ3n) is 3.88. The van der Waals surface area contributed by atoms with Crippen molar-refractivity contribution < 1.29 is 4.79 Å². The van der Waals surface area contributed by atoms with Crippen molar-refractivity contribution in [1.82, 2.24) is 14.8 Å². The number of halogens is 1. The molecule has 0 aliphatic carbocycles. The van der Waals surface area contributed by atoms with Crippen LogP contribution < -0.4 is 11.0 Å². The third-order valence-corrected chi connectivity index (χ3v) is 4.20. The fraction of sp³-hybridized carbons (Fsp3) is 0.158. The van der Waals surface area contributed by atoms with Crippen LogP contribution in [0.2, 0.25) is 5.02 Å². The number of rotatable bonds is 4. The number of carbonyl (C=O) groups excluding carboxylic acids is 1. The Labute approximate surface area is 155 Å². The Hall–Kier alpha value is -2.99. The van der Waals surface area contributed by atoms with E-state index in [-0.39, 0.29) is 6.54 Å². The topological polar surface area (TPSA) is 76.9 Å². The van der Waals surface area contributed by atoms with E-state index in [1.807, 2.05) is 44.2 Å². The van der Waals surface area contributed by atoms with Crippen molar-refractivity contribution in [3.63, 3.8) is 0 Å². The molecule has 0 saturated heterocycles. The lowest BCUT2D eigenvalue weighted by atomic mass is 10.1. The summed E-state index contributed by atoms with van der Waals surface area (Å²) in [7, 11) is 0. The molecule has 1 N–H and O–H groups in total. The van der Waals surface area contributed by atoms with E-state index in [9.17, 15) is 9.59 Å². The predicted molar refractivity (Wildman–Crippen MR) is 101 cm³/mol. The summed E-state index contributed by atoms with van der Waals surface area (Å²) in [6.07, 6.45) is 1.47. The third kappa shape index (κ3) is 3.97. The molecule has 0 radical (unpaired) electrons. The van der Waals surface area contributed by atoms with E-state index in [2.05, 4.69) is 15.4 Å². The minimum atomic E-state index is -0.589. The van der Waals surface area contributed by atoms with E-state index in [4.69, 9.17) is 11.6 Å². The molecule has 0 aliphatic rings. The summed E-state index contributed by atoms with van der Waals surface area (Å²) in [6, 6.07) is 12.9. The lowest BCUT2D eigenvalue weighted by Gasteiger charge is -2.10. The van der Waals surface area contributed by atoms with Gasteiger partial charge in [0.2, 0.25) is 5.91 Å². The number of hydrogen-bond donors (Lipinski definition) is 1. The van der Waals surface area contributed by atoms with Crippen LogP contribution >= 0.6 is 11.6 Å². The standard InChI is InChI=1S/C19H17ClN4O2/c1-12-6-8-14(9-7-12)16-10-21-24(19(26)22-16)11-17(25)23-18-13(2)4-3-5-15(18)20/h3-10H,11H2,1-2H3,(H,23,25). The van der Waals surface area contributed by atoms with Gasteiger partial charge in [-0.3, -0.25) is 4.79 Å². The first-order valence-electron chi connectivity index (χ1n) is 8.00. The molecule has 1 heterocycles. The van der Waals surface area contributed by atoms with E-state index in [1.54, 1.807) is 12.1 Å². The summed E-state index contributed by atoms with van der Waals surface area (Å²) in [4.78, 5) is 28.4. The normalized spacial score (nSPS) is 10.6. The van der Waals surface area contributed by atoms with Crippen molar-refractivity contribution in [2.24, 2.45) is 0 Å². The summed E-state index contributed by atoms with van der Waals surface area (Å²) in [5, 5.41) is 7.20. The van der Waals surface area contributed by atoms with Gasteiger partial charge in [0.05, 0.1) is 22.6 Å². The van der Waals surface area contributed by atoms with Crippen molar-refractivity contribution in [3.05, 3.63) is 75.3 Å². The lowest BCUT2D eigenvalue weighted by Crippen LogP contribution is -2.31. The highest BCUT2D eigenvalue weighted by molar-refractivity contribution is 6.33. The van der Waals surface area contributed by atoms with Crippen LogP contribution in [0.4, 0.5) is 5.69 Å². The molecule has 0 spiro atoms. The van der Waals surface area contributed by atoms with Crippen LogP contribution in [0.5, 0.6) is 0 Å². The molecule has 1 amide bonds. The fourth-order valence-corrected chi connectivity index (χ4v) is 2.71. The summed E-state index contributed by atoms with van der Waals surface area (Å²) in [6.45, 7) is 3.57. The largest absolute Gasteiger partial charge is 0.365 e. The Kier molecular flexibility index (Phi) is 5.14. The zero-order valence-electron chi connectivity index (χ0n) is 14.4. The highest BCUT2D eigenvalue weighted by Gasteiger charge is 2.11. The number of aromatic nitrogens is 3. The molecule has 0 unspecified atom stereocenters. The van der Waals surface area contributed by atoms with Gasteiger partial charge in [-0.1, -0.05) is 53.6 Å². The molecule has 2 aromatic carbocycles. The van der Waals surface area contributed by atoms with Crippen LogP contribution in [0.15, 0.2) is 53.5 Å². The minimum absolute atomic E-state index is 0.245. The average Bonchev–Trinajstić information content (AvgIpc) is 2.61. The Morgan fingerprint density at radius 2 is 1.88 bits per heavy atom. The molecule has 132 valence electrons. The van der Waals surface area contributed by atoms with Crippen LogP contribution in [-0.2, 0) is 11.3 Å². The quantitative estimate of drug-likeness (QED) is 0.767. The zero-order chi connectivity index (χ0) is 18.7. The Balaban J connectivity index is 1.77. The van der Waals surface area contributed by atoms with Gasteiger partial charge in [0.25, 0.3) is 0 Å². The van der Waals surface area contributed by atoms with Crippen LogP contribution in [0.25, 0.3) is 11.3 Å². The molecule has 3 rings (SSSR count). The molecule has 0 aliphatic heterocycles. The number of benzene rings is 2. The number of hydrogen-bond acceptors (Lipinski definition) is 4. The lowest BCUT2D eigenvalue weighted by molar-refractivity contribution is -0.117. The number of nitrogens with zero attached hydrogens (tertiary/aromatic N) is 3. The molecule has 6 nitrogen and oxygen atoms in total. The molecule has 3 aromatic rings. The molecule has 26 heavy (non-hydrogen) atoms. The average molecular weight is 369 g/mol. The first-order valence-corrected chi connectivity index (χ1v) is 8.38. The Bertz CT molecular complexity index is 993. The number of nitrogens with one attached hydrogen (secondary N) is 1. The van der Waals surface area contributed by atoms with E-state index in [1.165, 1.54) is 6.20 Å². The van der Waals surface area contributed by atoms with Gasteiger partial charge in [-0.05, 0) is 25.5 Å². The van der Waals surface area contributed by atoms with Gasteiger partial charge in [0.15, 0.2) is 0 Å². The van der Waals surface area contributed by atoms with Crippen LogP contribution in [0, 0.1) is 13.8 Å². The molecular weight excluding hydrogens is 352 g/mol. The fourth-order valence-electron chi connectivity index (χ4n) is 2.44. The molecule has 0 atom stereocenters. The first-order chi connectivity index (χ1) is 12.4. The van der Waals surface area contributed by atoms with Crippen LogP contribution in [-0.4, -0.2) is 20.7 Å². The smallest absolute Gasteiger partial charge is 0.323 e. The number of anilines is 1. The van der Waals surface area contributed by atoms with Crippen molar-refractivity contribution in [2.45, 2.75) is 20.4 Å². The zero-order valence-corrected chi connectivity index (χ0v) is 15.1. The number of para-hydroxylation sites is 1. The van der Waals surface area contributed by atoms with Gasteiger partial charge >= 0.3 is 5.69 Å². The maximum Gasteiger partial charge on any atom is 0.365 e. The summed E-state index contributed by atoms with van der Waals surface area (Å²) < 4.78 is 1.01. The number of amides is 1. The molecule has 0 saturated carbocycles. The monoisotopic (exact) mass is 368 g/mol. The van der Waals surface area contributed by atoms with Gasteiger partial charge in [-0.25, -0.2) is 9.48 Å². The van der Waals surface area contributed by atoms with Crippen molar-refractivity contribution in [2.75, 3.05) is 5.32 Å². The van der Waals surface area contributed by atoms with Crippen molar-refractivity contribution in [1.29, 1.82) is 0 Å². The second kappa shape index (κ2) is 7.49.